The molecule has 1 N–H and O–H groups in total. The highest BCUT2D eigenvalue weighted by Gasteiger charge is 2.30. The monoisotopic (exact) mass is 456 g/mol. The third kappa shape index (κ3) is 6.23. The summed E-state index contributed by atoms with van der Waals surface area (Å²) in [7, 11) is 0. The largest absolute Gasteiger partial charge is 0.352 e. The van der Waals surface area contributed by atoms with Gasteiger partial charge in [-0.3, -0.25) is 9.79 Å². The minimum atomic E-state index is -0.271. The summed E-state index contributed by atoms with van der Waals surface area (Å²) in [6.07, 6.45) is 13.1. The Balaban J connectivity index is 1.55. The molecule has 0 radical (unpaired) electrons. The lowest BCUT2D eigenvalue weighted by atomic mass is 9.74. The summed E-state index contributed by atoms with van der Waals surface area (Å²) in [5.41, 5.74) is 4.80. The number of halogens is 1. The summed E-state index contributed by atoms with van der Waals surface area (Å²) in [5, 5.41) is 3.05. The normalized spacial score (nSPS) is 16.8. The van der Waals surface area contributed by atoms with Gasteiger partial charge < -0.3 is 5.32 Å². The molecule has 0 saturated heterocycles. The van der Waals surface area contributed by atoms with E-state index in [0.717, 1.165) is 43.4 Å². The van der Waals surface area contributed by atoms with Crippen molar-refractivity contribution in [2.45, 2.75) is 63.7 Å². The zero-order chi connectivity index (χ0) is 23.8. The van der Waals surface area contributed by atoms with Crippen molar-refractivity contribution >= 4 is 12.1 Å². The number of hydrogen-bond donors (Lipinski definition) is 1. The molecule has 1 heterocycles. The standard InChI is InChI=1S/C30H33FN2O/c1-30(17-4-2-3-5-18-30)28-15-12-26(29(34)33-19-6-7-24-16-20-32-22-24)21-25(28)11-8-23-9-13-27(31)14-10-23/h9-10,12-16,21-22H,2-7,17-20H2,1H3,(H,33,34). The molecule has 2 aliphatic rings. The number of rotatable bonds is 6. The first-order valence-corrected chi connectivity index (χ1v) is 12.4. The highest BCUT2D eigenvalue weighted by Crippen LogP contribution is 2.39. The fourth-order valence-corrected chi connectivity index (χ4v) is 4.92. The van der Waals surface area contributed by atoms with Crippen molar-refractivity contribution < 1.29 is 9.18 Å². The van der Waals surface area contributed by atoms with Gasteiger partial charge >= 0.3 is 0 Å². The number of aliphatic imine (C=N–C) groups is 1. The van der Waals surface area contributed by atoms with Crippen LogP contribution in [-0.4, -0.2) is 25.2 Å². The van der Waals surface area contributed by atoms with Gasteiger partial charge in [0.25, 0.3) is 5.91 Å². The van der Waals surface area contributed by atoms with Gasteiger partial charge in [-0.1, -0.05) is 56.6 Å². The minimum Gasteiger partial charge on any atom is -0.352 e. The maximum absolute atomic E-state index is 13.3. The Morgan fingerprint density at radius 3 is 2.53 bits per heavy atom. The summed E-state index contributed by atoms with van der Waals surface area (Å²) in [5.74, 6) is 6.16. The molecular formula is C30H33FN2O. The number of hydrogen-bond acceptors (Lipinski definition) is 2. The van der Waals surface area contributed by atoms with E-state index >= 15 is 0 Å². The Bertz CT molecular complexity index is 1130. The van der Waals surface area contributed by atoms with Gasteiger partial charge in [-0.05, 0) is 78.6 Å². The van der Waals surface area contributed by atoms with Crippen molar-refractivity contribution in [3.05, 3.63) is 82.2 Å². The van der Waals surface area contributed by atoms with E-state index in [2.05, 4.69) is 41.2 Å². The molecule has 34 heavy (non-hydrogen) atoms. The van der Waals surface area contributed by atoms with E-state index in [1.807, 2.05) is 18.3 Å². The molecule has 1 aliphatic heterocycles. The second-order valence-corrected chi connectivity index (χ2v) is 9.62. The maximum Gasteiger partial charge on any atom is 0.251 e. The van der Waals surface area contributed by atoms with Crippen LogP contribution in [0, 0.1) is 17.7 Å². The number of amides is 1. The Morgan fingerprint density at radius 2 is 1.82 bits per heavy atom. The van der Waals surface area contributed by atoms with Gasteiger partial charge in [-0.15, -0.1) is 0 Å². The van der Waals surface area contributed by atoms with Crippen molar-refractivity contribution in [1.82, 2.24) is 5.32 Å². The fraction of sp³-hybridized carbons (Fsp3) is 0.400. The third-order valence-electron chi connectivity index (χ3n) is 6.97. The van der Waals surface area contributed by atoms with E-state index in [4.69, 9.17) is 0 Å². The first kappa shape index (κ1) is 24.0. The van der Waals surface area contributed by atoms with E-state index in [1.165, 1.54) is 49.0 Å². The number of nitrogens with zero attached hydrogens (tertiary/aromatic N) is 1. The lowest BCUT2D eigenvalue weighted by molar-refractivity contribution is 0.0953. The molecule has 3 nitrogen and oxygen atoms in total. The molecule has 0 atom stereocenters. The smallest absolute Gasteiger partial charge is 0.251 e. The molecule has 4 heteroatoms. The third-order valence-corrected chi connectivity index (χ3v) is 6.97. The van der Waals surface area contributed by atoms with Gasteiger partial charge in [0, 0.05) is 29.4 Å². The average Bonchev–Trinajstić information content (AvgIpc) is 3.27. The maximum atomic E-state index is 13.3. The number of carbonyl (C=O) groups excluding carboxylic acids is 1. The molecule has 1 fully saturated rings. The second kappa shape index (κ2) is 11.3. The van der Waals surface area contributed by atoms with E-state index in [1.54, 1.807) is 12.1 Å². The molecule has 0 bridgehead atoms. The highest BCUT2D eigenvalue weighted by molar-refractivity contribution is 5.94. The number of nitrogens with one attached hydrogen (secondary N) is 1. The zero-order valence-corrected chi connectivity index (χ0v) is 20.0. The zero-order valence-electron chi connectivity index (χ0n) is 20.0. The quantitative estimate of drug-likeness (QED) is 0.307. The van der Waals surface area contributed by atoms with Crippen molar-refractivity contribution in [3.63, 3.8) is 0 Å². The van der Waals surface area contributed by atoms with Crippen LogP contribution in [0.4, 0.5) is 4.39 Å². The van der Waals surface area contributed by atoms with E-state index in [0.29, 0.717) is 12.1 Å². The van der Waals surface area contributed by atoms with Crippen LogP contribution >= 0.6 is 0 Å². The summed E-state index contributed by atoms with van der Waals surface area (Å²) in [6.45, 7) is 3.73. The minimum absolute atomic E-state index is 0.0505. The van der Waals surface area contributed by atoms with Crippen LogP contribution in [0.15, 0.2) is 59.1 Å². The summed E-state index contributed by atoms with van der Waals surface area (Å²) in [6, 6.07) is 12.2. The van der Waals surface area contributed by atoms with Crippen LogP contribution in [0.2, 0.25) is 0 Å². The van der Waals surface area contributed by atoms with Crippen LogP contribution in [0.1, 0.15) is 85.3 Å². The van der Waals surface area contributed by atoms with Crippen molar-refractivity contribution in [1.29, 1.82) is 0 Å². The molecule has 0 spiro atoms. The summed E-state index contributed by atoms with van der Waals surface area (Å²) < 4.78 is 13.3. The topological polar surface area (TPSA) is 41.5 Å². The Hall–Kier alpha value is -3.19. The first-order chi connectivity index (χ1) is 16.5. The molecular weight excluding hydrogens is 423 g/mol. The number of carbonyl (C=O) groups is 1. The van der Waals surface area contributed by atoms with Gasteiger partial charge in [0.2, 0.25) is 0 Å². The van der Waals surface area contributed by atoms with E-state index in [9.17, 15) is 9.18 Å². The van der Waals surface area contributed by atoms with Gasteiger partial charge in [-0.2, -0.15) is 0 Å². The molecule has 1 amide bonds. The molecule has 1 saturated carbocycles. The predicted octanol–water partition coefficient (Wildman–Crippen LogP) is 6.36. The van der Waals surface area contributed by atoms with Crippen LogP contribution < -0.4 is 5.32 Å². The average molecular weight is 457 g/mol. The molecule has 2 aromatic carbocycles. The number of allylic oxidation sites excluding steroid dienone is 1. The Labute approximate surface area is 202 Å². The van der Waals surface area contributed by atoms with E-state index < -0.39 is 0 Å². The van der Waals surface area contributed by atoms with E-state index in [-0.39, 0.29) is 17.1 Å². The lowest BCUT2D eigenvalue weighted by Gasteiger charge is -2.30. The van der Waals surface area contributed by atoms with Gasteiger partial charge in [0.05, 0.1) is 6.54 Å². The molecule has 0 unspecified atom stereocenters. The molecule has 176 valence electrons. The number of benzene rings is 2. The molecule has 1 aliphatic carbocycles. The molecule has 4 rings (SSSR count). The Kier molecular flexibility index (Phi) is 7.95. The molecule has 0 aromatic heterocycles. The lowest BCUT2D eigenvalue weighted by Crippen LogP contribution is -2.26. The highest BCUT2D eigenvalue weighted by atomic mass is 19.1. The van der Waals surface area contributed by atoms with Gasteiger partial charge in [0.1, 0.15) is 5.82 Å². The van der Waals surface area contributed by atoms with Crippen molar-refractivity contribution in [3.8, 4) is 11.8 Å². The first-order valence-electron chi connectivity index (χ1n) is 12.4. The summed E-state index contributed by atoms with van der Waals surface area (Å²) in [4.78, 5) is 17.1. The Morgan fingerprint density at radius 1 is 1.06 bits per heavy atom. The van der Waals surface area contributed by atoms with Crippen LogP contribution in [-0.2, 0) is 5.41 Å². The second-order valence-electron chi connectivity index (χ2n) is 9.62. The van der Waals surface area contributed by atoms with Crippen LogP contribution in [0.3, 0.4) is 0 Å². The van der Waals surface area contributed by atoms with Crippen LogP contribution in [0.25, 0.3) is 0 Å². The van der Waals surface area contributed by atoms with Gasteiger partial charge in [0.15, 0.2) is 0 Å². The van der Waals surface area contributed by atoms with Gasteiger partial charge in [-0.25, -0.2) is 4.39 Å². The fourth-order valence-electron chi connectivity index (χ4n) is 4.92. The summed E-state index contributed by atoms with van der Waals surface area (Å²) >= 11 is 0. The predicted molar refractivity (Wildman–Crippen MR) is 137 cm³/mol. The van der Waals surface area contributed by atoms with Crippen molar-refractivity contribution in [2.24, 2.45) is 4.99 Å². The van der Waals surface area contributed by atoms with Crippen LogP contribution in [0.5, 0.6) is 0 Å². The van der Waals surface area contributed by atoms with Crippen molar-refractivity contribution in [2.75, 3.05) is 13.1 Å². The SMILES string of the molecule is CC1(c2ccc(C(=O)NCCCC3=CCN=C3)cc2C#Cc2ccc(F)cc2)CCCCCC1. The molecule has 2 aromatic rings.